The maximum Gasteiger partial charge on any atom is 0.255 e. The monoisotopic (exact) mass is 295 g/mol. The van der Waals surface area contributed by atoms with E-state index < -0.39 is 5.60 Å². The SMILES string of the molecule is CC1(C(=O)N2CCCC2C(=O)N2CCNCC2)CCCO1. The number of hydrogen-bond acceptors (Lipinski definition) is 4. The topological polar surface area (TPSA) is 61.9 Å². The van der Waals surface area contributed by atoms with Crippen LogP contribution in [0.3, 0.4) is 0 Å². The molecule has 0 aromatic rings. The second kappa shape index (κ2) is 5.93. The van der Waals surface area contributed by atoms with E-state index in [9.17, 15) is 9.59 Å². The lowest BCUT2D eigenvalue weighted by molar-refractivity contribution is -0.156. The predicted molar refractivity (Wildman–Crippen MR) is 77.8 cm³/mol. The molecule has 2 unspecified atom stereocenters. The Morgan fingerprint density at radius 3 is 2.62 bits per heavy atom. The fourth-order valence-electron chi connectivity index (χ4n) is 3.61. The molecule has 3 aliphatic heterocycles. The van der Waals surface area contributed by atoms with Crippen molar-refractivity contribution in [1.82, 2.24) is 15.1 Å². The maximum absolute atomic E-state index is 12.8. The van der Waals surface area contributed by atoms with Crippen molar-refractivity contribution in [2.24, 2.45) is 0 Å². The molecule has 0 spiro atoms. The molecule has 3 fully saturated rings. The molecule has 2 atom stereocenters. The van der Waals surface area contributed by atoms with Crippen LogP contribution >= 0.6 is 0 Å². The summed E-state index contributed by atoms with van der Waals surface area (Å²) in [6.45, 7) is 6.36. The molecule has 118 valence electrons. The molecule has 0 radical (unpaired) electrons. The smallest absolute Gasteiger partial charge is 0.255 e. The molecule has 3 rings (SSSR count). The van der Waals surface area contributed by atoms with Crippen LogP contribution in [0.5, 0.6) is 0 Å². The van der Waals surface area contributed by atoms with Gasteiger partial charge in [0.25, 0.3) is 5.91 Å². The normalized spacial score (nSPS) is 33.5. The van der Waals surface area contributed by atoms with Crippen LogP contribution in [0, 0.1) is 0 Å². The van der Waals surface area contributed by atoms with Gasteiger partial charge >= 0.3 is 0 Å². The van der Waals surface area contributed by atoms with Crippen molar-refractivity contribution in [2.45, 2.75) is 44.2 Å². The average molecular weight is 295 g/mol. The van der Waals surface area contributed by atoms with Crippen LogP contribution in [0.4, 0.5) is 0 Å². The molecule has 0 aliphatic carbocycles. The molecule has 3 aliphatic rings. The molecule has 0 aromatic heterocycles. The number of carbonyl (C=O) groups is 2. The van der Waals surface area contributed by atoms with Crippen molar-refractivity contribution in [3.63, 3.8) is 0 Å². The second-order valence-electron chi connectivity index (χ2n) is 6.41. The first kappa shape index (κ1) is 14.8. The third-order valence-electron chi connectivity index (χ3n) is 4.90. The highest BCUT2D eigenvalue weighted by atomic mass is 16.5. The van der Waals surface area contributed by atoms with Crippen LogP contribution < -0.4 is 5.32 Å². The van der Waals surface area contributed by atoms with Crippen LogP contribution in [0.1, 0.15) is 32.6 Å². The third-order valence-corrected chi connectivity index (χ3v) is 4.90. The van der Waals surface area contributed by atoms with Crippen LogP contribution in [0.2, 0.25) is 0 Å². The van der Waals surface area contributed by atoms with E-state index in [-0.39, 0.29) is 17.9 Å². The number of nitrogens with one attached hydrogen (secondary N) is 1. The predicted octanol–water partition coefficient (Wildman–Crippen LogP) is -0.0217. The van der Waals surface area contributed by atoms with Gasteiger partial charge in [0.05, 0.1) is 0 Å². The number of ether oxygens (including phenoxy) is 1. The summed E-state index contributed by atoms with van der Waals surface area (Å²) in [6, 6.07) is -0.281. The van der Waals surface area contributed by atoms with Crippen LogP contribution in [0.25, 0.3) is 0 Å². The van der Waals surface area contributed by atoms with E-state index in [0.717, 1.165) is 51.9 Å². The lowest BCUT2D eigenvalue weighted by Crippen LogP contribution is -2.56. The first-order valence-corrected chi connectivity index (χ1v) is 8.06. The van der Waals surface area contributed by atoms with Crippen LogP contribution in [0.15, 0.2) is 0 Å². The summed E-state index contributed by atoms with van der Waals surface area (Å²) < 4.78 is 5.66. The van der Waals surface area contributed by atoms with Crippen molar-refractivity contribution in [3.8, 4) is 0 Å². The molecular weight excluding hydrogens is 270 g/mol. The molecule has 3 heterocycles. The number of hydrogen-bond donors (Lipinski definition) is 1. The Morgan fingerprint density at radius 1 is 1.19 bits per heavy atom. The summed E-state index contributed by atoms with van der Waals surface area (Å²) in [5, 5.41) is 3.25. The van der Waals surface area contributed by atoms with Gasteiger partial charge in [0.2, 0.25) is 5.91 Å². The Kier molecular flexibility index (Phi) is 4.17. The first-order chi connectivity index (χ1) is 10.1. The van der Waals surface area contributed by atoms with Gasteiger partial charge in [-0.3, -0.25) is 9.59 Å². The van der Waals surface area contributed by atoms with Crippen molar-refractivity contribution < 1.29 is 14.3 Å². The number of rotatable bonds is 2. The minimum absolute atomic E-state index is 0.00554. The van der Waals surface area contributed by atoms with E-state index in [0.29, 0.717) is 13.2 Å². The Hall–Kier alpha value is -1.14. The highest BCUT2D eigenvalue weighted by Crippen LogP contribution is 2.31. The Morgan fingerprint density at radius 2 is 1.95 bits per heavy atom. The average Bonchev–Trinajstić information content (AvgIpc) is 3.16. The minimum Gasteiger partial charge on any atom is -0.365 e. The molecule has 21 heavy (non-hydrogen) atoms. The van der Waals surface area contributed by atoms with Gasteiger partial charge in [0.15, 0.2) is 0 Å². The van der Waals surface area contributed by atoms with E-state index in [1.807, 2.05) is 11.8 Å². The fourth-order valence-corrected chi connectivity index (χ4v) is 3.61. The minimum atomic E-state index is -0.716. The zero-order valence-corrected chi connectivity index (χ0v) is 12.8. The fraction of sp³-hybridized carbons (Fsp3) is 0.867. The molecule has 2 amide bonds. The standard InChI is InChI=1S/C15H25N3O3/c1-15(5-3-11-21-15)14(20)18-8-2-4-12(18)13(19)17-9-6-16-7-10-17/h12,16H,2-11H2,1H3. The van der Waals surface area contributed by atoms with E-state index >= 15 is 0 Å². The lowest BCUT2D eigenvalue weighted by Gasteiger charge is -2.35. The largest absolute Gasteiger partial charge is 0.365 e. The third kappa shape index (κ3) is 2.79. The van der Waals surface area contributed by atoms with E-state index in [2.05, 4.69) is 5.32 Å². The summed E-state index contributed by atoms with van der Waals surface area (Å²) in [7, 11) is 0. The Balaban J connectivity index is 1.69. The lowest BCUT2D eigenvalue weighted by atomic mass is 10.0. The number of piperazine rings is 1. The van der Waals surface area contributed by atoms with E-state index in [1.165, 1.54) is 0 Å². The number of carbonyl (C=O) groups excluding carboxylic acids is 2. The van der Waals surface area contributed by atoms with Gasteiger partial charge in [-0.15, -0.1) is 0 Å². The highest BCUT2D eigenvalue weighted by Gasteiger charge is 2.46. The highest BCUT2D eigenvalue weighted by molar-refractivity contribution is 5.92. The molecule has 1 N–H and O–H groups in total. The van der Waals surface area contributed by atoms with E-state index in [1.54, 1.807) is 4.90 Å². The molecule has 3 saturated heterocycles. The summed E-state index contributed by atoms with van der Waals surface area (Å²) in [6.07, 6.45) is 3.37. The molecule has 6 heteroatoms. The van der Waals surface area contributed by atoms with Gasteiger partial charge in [-0.2, -0.15) is 0 Å². The molecule has 6 nitrogen and oxygen atoms in total. The van der Waals surface area contributed by atoms with Gasteiger partial charge < -0.3 is 19.9 Å². The zero-order valence-electron chi connectivity index (χ0n) is 12.8. The van der Waals surface area contributed by atoms with E-state index in [4.69, 9.17) is 4.74 Å². The quantitative estimate of drug-likeness (QED) is 0.778. The van der Waals surface area contributed by atoms with Crippen LogP contribution in [-0.4, -0.2) is 72.6 Å². The van der Waals surface area contributed by atoms with Crippen molar-refractivity contribution in [3.05, 3.63) is 0 Å². The van der Waals surface area contributed by atoms with Gasteiger partial charge in [-0.25, -0.2) is 0 Å². The molecule has 0 bridgehead atoms. The number of amides is 2. The summed E-state index contributed by atoms with van der Waals surface area (Å²) in [5.41, 5.74) is -0.716. The summed E-state index contributed by atoms with van der Waals surface area (Å²) >= 11 is 0. The van der Waals surface area contributed by atoms with Gasteiger partial charge in [0.1, 0.15) is 11.6 Å². The van der Waals surface area contributed by atoms with Crippen molar-refractivity contribution >= 4 is 11.8 Å². The molecule has 0 saturated carbocycles. The Bertz CT molecular complexity index is 414. The first-order valence-electron chi connectivity index (χ1n) is 8.06. The maximum atomic E-state index is 12.8. The van der Waals surface area contributed by atoms with Crippen LogP contribution in [-0.2, 0) is 14.3 Å². The second-order valence-corrected chi connectivity index (χ2v) is 6.41. The van der Waals surface area contributed by atoms with Gasteiger partial charge in [-0.1, -0.05) is 0 Å². The van der Waals surface area contributed by atoms with Crippen molar-refractivity contribution in [2.75, 3.05) is 39.3 Å². The molecule has 0 aromatic carbocycles. The van der Waals surface area contributed by atoms with Crippen molar-refractivity contribution in [1.29, 1.82) is 0 Å². The number of likely N-dealkylation sites (tertiary alicyclic amines) is 1. The van der Waals surface area contributed by atoms with Gasteiger partial charge in [-0.05, 0) is 32.6 Å². The number of nitrogens with zero attached hydrogens (tertiary/aromatic N) is 2. The molecular formula is C15H25N3O3. The Labute approximate surface area is 125 Å². The summed E-state index contributed by atoms with van der Waals surface area (Å²) in [5.74, 6) is 0.120. The van der Waals surface area contributed by atoms with Gasteiger partial charge in [0, 0.05) is 39.3 Å². The summed E-state index contributed by atoms with van der Waals surface area (Å²) in [4.78, 5) is 29.1. The zero-order chi connectivity index (χ0) is 14.9.